The molecule has 0 saturated carbocycles. The summed E-state index contributed by atoms with van der Waals surface area (Å²) >= 11 is 0. The van der Waals surface area contributed by atoms with E-state index in [0.717, 1.165) is 13.0 Å². The van der Waals surface area contributed by atoms with E-state index >= 15 is 0 Å². The van der Waals surface area contributed by atoms with Gasteiger partial charge in [0.1, 0.15) is 0 Å². The number of anilines is 1. The summed E-state index contributed by atoms with van der Waals surface area (Å²) in [5.74, 6) is 1.27. The predicted molar refractivity (Wildman–Crippen MR) is 78.1 cm³/mol. The quantitative estimate of drug-likeness (QED) is 0.638. The van der Waals surface area contributed by atoms with Crippen LogP contribution in [0.2, 0.25) is 0 Å². The summed E-state index contributed by atoms with van der Waals surface area (Å²) in [6, 6.07) is 0.911. The Labute approximate surface area is 116 Å². The smallest absolute Gasteiger partial charge is 0.315 e. The third-order valence-corrected chi connectivity index (χ3v) is 2.91. The lowest BCUT2D eigenvalue weighted by atomic mass is 10.1. The van der Waals surface area contributed by atoms with Gasteiger partial charge in [0.2, 0.25) is 5.89 Å². The minimum atomic E-state index is 0.378. The molecule has 1 rings (SSSR count). The van der Waals surface area contributed by atoms with Gasteiger partial charge in [-0.3, -0.25) is 0 Å². The van der Waals surface area contributed by atoms with Gasteiger partial charge in [0.25, 0.3) is 0 Å². The van der Waals surface area contributed by atoms with Crippen LogP contribution < -0.4 is 10.6 Å². The van der Waals surface area contributed by atoms with Crippen LogP contribution >= 0.6 is 0 Å². The maximum Gasteiger partial charge on any atom is 0.315 e. The van der Waals surface area contributed by atoms with E-state index in [-0.39, 0.29) is 0 Å². The normalized spacial score (nSPS) is 12.9. The van der Waals surface area contributed by atoms with Gasteiger partial charge in [-0.25, -0.2) is 0 Å². The standard InChI is InChI=1S/C14H28N4O/c1-5-6-7-8-12(4)16-14-18-17-13(19-14)10-15-9-11(2)3/h11-12,15H,5-10H2,1-4H3,(H,16,18). The van der Waals surface area contributed by atoms with Gasteiger partial charge in [-0.1, -0.05) is 45.1 Å². The van der Waals surface area contributed by atoms with E-state index in [4.69, 9.17) is 4.42 Å². The van der Waals surface area contributed by atoms with E-state index in [0.29, 0.717) is 30.4 Å². The highest BCUT2D eigenvalue weighted by molar-refractivity contribution is 5.18. The van der Waals surface area contributed by atoms with E-state index in [2.05, 4.69) is 48.5 Å². The number of unbranched alkanes of at least 4 members (excludes halogenated alkanes) is 2. The van der Waals surface area contributed by atoms with Crippen LogP contribution in [0.1, 0.15) is 59.3 Å². The van der Waals surface area contributed by atoms with Gasteiger partial charge in [0.15, 0.2) is 0 Å². The second-order valence-corrected chi connectivity index (χ2v) is 5.57. The fourth-order valence-corrected chi connectivity index (χ4v) is 1.83. The summed E-state index contributed by atoms with van der Waals surface area (Å²) in [5.41, 5.74) is 0. The van der Waals surface area contributed by atoms with Crippen molar-refractivity contribution in [1.29, 1.82) is 0 Å². The Bertz CT molecular complexity index is 338. The Hall–Kier alpha value is -1.10. The first-order chi connectivity index (χ1) is 9.11. The van der Waals surface area contributed by atoms with Crippen molar-refractivity contribution in [3.63, 3.8) is 0 Å². The lowest BCUT2D eigenvalue weighted by molar-refractivity contribution is 0.454. The molecule has 0 fully saturated rings. The Kier molecular flexibility index (Phi) is 7.48. The van der Waals surface area contributed by atoms with Crippen molar-refractivity contribution in [3.05, 3.63) is 5.89 Å². The average molecular weight is 268 g/mol. The first-order valence-electron chi connectivity index (χ1n) is 7.41. The molecule has 5 heteroatoms. The molecule has 0 bridgehead atoms. The summed E-state index contributed by atoms with van der Waals surface area (Å²) in [7, 11) is 0. The fraction of sp³-hybridized carbons (Fsp3) is 0.857. The van der Waals surface area contributed by atoms with Gasteiger partial charge >= 0.3 is 6.01 Å². The van der Waals surface area contributed by atoms with E-state index < -0.39 is 0 Å². The second-order valence-electron chi connectivity index (χ2n) is 5.57. The third kappa shape index (κ3) is 7.15. The first kappa shape index (κ1) is 16.0. The van der Waals surface area contributed by atoms with Crippen LogP contribution in [-0.2, 0) is 6.54 Å². The number of aromatic nitrogens is 2. The zero-order valence-corrected chi connectivity index (χ0v) is 12.7. The van der Waals surface area contributed by atoms with Crippen molar-refractivity contribution in [2.75, 3.05) is 11.9 Å². The molecule has 0 saturated heterocycles. The molecular weight excluding hydrogens is 240 g/mol. The van der Waals surface area contributed by atoms with Crippen molar-refractivity contribution < 1.29 is 4.42 Å². The Morgan fingerprint density at radius 2 is 1.95 bits per heavy atom. The highest BCUT2D eigenvalue weighted by atomic mass is 16.4. The van der Waals surface area contributed by atoms with Gasteiger partial charge in [0, 0.05) is 6.04 Å². The van der Waals surface area contributed by atoms with E-state index in [1.807, 2.05) is 0 Å². The monoisotopic (exact) mass is 268 g/mol. The molecule has 0 aliphatic carbocycles. The molecule has 19 heavy (non-hydrogen) atoms. The number of rotatable bonds is 10. The second kappa shape index (κ2) is 8.91. The van der Waals surface area contributed by atoms with Gasteiger partial charge in [-0.15, -0.1) is 5.10 Å². The third-order valence-electron chi connectivity index (χ3n) is 2.91. The van der Waals surface area contributed by atoms with Crippen molar-refractivity contribution >= 4 is 6.01 Å². The van der Waals surface area contributed by atoms with Crippen LogP contribution in [0.5, 0.6) is 0 Å². The van der Waals surface area contributed by atoms with Gasteiger partial charge in [0.05, 0.1) is 6.54 Å². The molecule has 1 unspecified atom stereocenters. The summed E-state index contributed by atoms with van der Waals surface area (Å²) in [6.45, 7) is 10.3. The zero-order valence-electron chi connectivity index (χ0n) is 12.7. The number of nitrogens with one attached hydrogen (secondary N) is 2. The molecular formula is C14H28N4O. The molecule has 0 aliphatic rings. The SMILES string of the molecule is CCCCCC(C)Nc1nnc(CNCC(C)C)o1. The fourth-order valence-electron chi connectivity index (χ4n) is 1.83. The summed E-state index contributed by atoms with van der Waals surface area (Å²) in [6.07, 6.45) is 4.90. The predicted octanol–water partition coefficient (Wildman–Crippen LogP) is 3.20. The minimum absolute atomic E-state index is 0.378. The number of hydrogen-bond donors (Lipinski definition) is 2. The van der Waals surface area contributed by atoms with Crippen LogP contribution in [0, 0.1) is 5.92 Å². The Morgan fingerprint density at radius 1 is 1.16 bits per heavy atom. The summed E-state index contributed by atoms with van der Waals surface area (Å²) in [4.78, 5) is 0. The average Bonchev–Trinajstić information content (AvgIpc) is 2.76. The van der Waals surface area contributed by atoms with Crippen LogP contribution in [0.15, 0.2) is 4.42 Å². The first-order valence-corrected chi connectivity index (χ1v) is 7.41. The van der Waals surface area contributed by atoms with E-state index in [9.17, 15) is 0 Å². The molecule has 0 radical (unpaired) electrons. The molecule has 0 aliphatic heterocycles. The lowest BCUT2D eigenvalue weighted by Crippen LogP contribution is -2.19. The maximum absolute atomic E-state index is 5.55. The van der Waals surface area contributed by atoms with Crippen LogP contribution in [0.25, 0.3) is 0 Å². The van der Waals surface area contributed by atoms with Crippen LogP contribution in [-0.4, -0.2) is 22.8 Å². The van der Waals surface area contributed by atoms with E-state index in [1.54, 1.807) is 0 Å². The Balaban J connectivity index is 2.25. The molecule has 110 valence electrons. The summed E-state index contributed by atoms with van der Waals surface area (Å²) < 4.78 is 5.55. The topological polar surface area (TPSA) is 63.0 Å². The molecule has 0 spiro atoms. The van der Waals surface area contributed by atoms with Gasteiger partial charge < -0.3 is 15.1 Å². The van der Waals surface area contributed by atoms with Crippen molar-refractivity contribution in [2.24, 2.45) is 5.92 Å². The molecule has 1 heterocycles. The molecule has 0 amide bonds. The van der Waals surface area contributed by atoms with Gasteiger partial charge in [-0.05, 0) is 25.8 Å². The highest BCUT2D eigenvalue weighted by Crippen LogP contribution is 2.10. The number of hydrogen-bond acceptors (Lipinski definition) is 5. The minimum Gasteiger partial charge on any atom is -0.407 e. The lowest BCUT2D eigenvalue weighted by Gasteiger charge is -2.10. The molecule has 1 aromatic heterocycles. The van der Waals surface area contributed by atoms with Gasteiger partial charge in [-0.2, -0.15) is 0 Å². The molecule has 1 atom stereocenters. The largest absolute Gasteiger partial charge is 0.407 e. The van der Waals surface area contributed by atoms with Crippen LogP contribution in [0.4, 0.5) is 6.01 Å². The maximum atomic E-state index is 5.55. The molecule has 2 N–H and O–H groups in total. The molecule has 0 aromatic carbocycles. The molecule has 5 nitrogen and oxygen atoms in total. The molecule has 1 aromatic rings. The van der Waals surface area contributed by atoms with Crippen molar-refractivity contribution in [2.45, 2.75) is 66.0 Å². The zero-order chi connectivity index (χ0) is 14.1. The van der Waals surface area contributed by atoms with Crippen molar-refractivity contribution in [3.8, 4) is 0 Å². The summed E-state index contributed by atoms with van der Waals surface area (Å²) in [5, 5.41) is 14.6. The van der Waals surface area contributed by atoms with Crippen molar-refractivity contribution in [1.82, 2.24) is 15.5 Å². The van der Waals surface area contributed by atoms with E-state index in [1.165, 1.54) is 19.3 Å². The highest BCUT2D eigenvalue weighted by Gasteiger charge is 2.08. The van der Waals surface area contributed by atoms with Crippen LogP contribution in [0.3, 0.4) is 0 Å². The Morgan fingerprint density at radius 3 is 2.63 bits per heavy atom. The number of nitrogens with zero attached hydrogens (tertiary/aromatic N) is 2.